The molecule has 1 aliphatic rings. The first kappa shape index (κ1) is 15.8. The maximum Gasteiger partial charge on any atom is 0.108 e. The molecule has 0 bridgehead atoms. The van der Waals surface area contributed by atoms with Gasteiger partial charge in [-0.05, 0) is 45.1 Å². The van der Waals surface area contributed by atoms with Gasteiger partial charge in [-0.3, -0.25) is 4.68 Å². The Morgan fingerprint density at radius 2 is 2.10 bits per heavy atom. The van der Waals surface area contributed by atoms with E-state index in [2.05, 4.69) is 24.3 Å². The average Bonchev–Trinajstić information content (AvgIpc) is 2.80. The van der Waals surface area contributed by atoms with Crippen molar-refractivity contribution in [2.24, 2.45) is 0 Å². The van der Waals surface area contributed by atoms with Crippen molar-refractivity contribution in [2.75, 3.05) is 6.54 Å². The molecule has 114 valence electrons. The Morgan fingerprint density at radius 1 is 1.40 bits per heavy atom. The van der Waals surface area contributed by atoms with E-state index in [1.54, 1.807) is 6.20 Å². The second-order valence-electron chi connectivity index (χ2n) is 5.82. The molecule has 0 amide bonds. The molecular formula is C15H26ClN3O. The van der Waals surface area contributed by atoms with Gasteiger partial charge in [-0.15, -0.1) is 0 Å². The molecule has 5 heteroatoms. The van der Waals surface area contributed by atoms with Crippen molar-refractivity contribution in [1.82, 2.24) is 15.1 Å². The lowest BCUT2D eigenvalue weighted by molar-refractivity contribution is -0.0160. The average molecular weight is 300 g/mol. The summed E-state index contributed by atoms with van der Waals surface area (Å²) in [6, 6.07) is 0.525. The lowest BCUT2D eigenvalue weighted by Crippen LogP contribution is -2.41. The summed E-state index contributed by atoms with van der Waals surface area (Å²) in [4.78, 5) is 0. The fourth-order valence-corrected chi connectivity index (χ4v) is 3.41. The van der Waals surface area contributed by atoms with Crippen molar-refractivity contribution in [3.8, 4) is 0 Å². The SMILES string of the molecule is CCCNC1CCC(O)(c2c(Cl)cnn2CCC)CC1. The summed E-state index contributed by atoms with van der Waals surface area (Å²) in [5.41, 5.74) is 0.00242. The maximum atomic E-state index is 11.0. The molecule has 1 aliphatic carbocycles. The molecule has 2 rings (SSSR count). The molecule has 0 unspecified atom stereocenters. The van der Waals surface area contributed by atoms with Crippen LogP contribution in [-0.4, -0.2) is 27.5 Å². The van der Waals surface area contributed by atoms with Crippen molar-refractivity contribution in [3.63, 3.8) is 0 Å². The van der Waals surface area contributed by atoms with Gasteiger partial charge in [-0.2, -0.15) is 5.10 Å². The molecule has 1 heterocycles. The minimum absolute atomic E-state index is 0.525. The van der Waals surface area contributed by atoms with Gasteiger partial charge in [0, 0.05) is 12.6 Å². The van der Waals surface area contributed by atoms with Crippen molar-refractivity contribution in [2.45, 2.75) is 70.6 Å². The zero-order valence-electron chi connectivity index (χ0n) is 12.5. The largest absolute Gasteiger partial charge is 0.384 e. The van der Waals surface area contributed by atoms with E-state index in [9.17, 15) is 5.11 Å². The molecule has 0 saturated heterocycles. The molecular weight excluding hydrogens is 274 g/mol. The zero-order chi connectivity index (χ0) is 14.6. The Morgan fingerprint density at radius 3 is 2.70 bits per heavy atom. The van der Waals surface area contributed by atoms with Crippen LogP contribution in [-0.2, 0) is 12.1 Å². The summed E-state index contributed by atoms with van der Waals surface area (Å²) in [6.45, 7) is 6.14. The van der Waals surface area contributed by atoms with E-state index in [4.69, 9.17) is 11.6 Å². The fourth-order valence-electron chi connectivity index (χ4n) is 3.09. The van der Waals surface area contributed by atoms with Crippen molar-refractivity contribution >= 4 is 11.6 Å². The van der Waals surface area contributed by atoms with Gasteiger partial charge in [0.05, 0.1) is 16.9 Å². The minimum atomic E-state index is -0.812. The van der Waals surface area contributed by atoms with Gasteiger partial charge in [0.1, 0.15) is 5.60 Å². The molecule has 4 nitrogen and oxygen atoms in total. The minimum Gasteiger partial charge on any atom is -0.384 e. The number of halogens is 1. The van der Waals surface area contributed by atoms with Gasteiger partial charge in [0.25, 0.3) is 0 Å². The predicted octanol–water partition coefficient (Wildman–Crippen LogP) is 3.08. The van der Waals surface area contributed by atoms with Crippen LogP contribution >= 0.6 is 11.6 Å². The van der Waals surface area contributed by atoms with Crippen LogP contribution in [0.2, 0.25) is 5.02 Å². The van der Waals surface area contributed by atoms with Crippen LogP contribution in [0.5, 0.6) is 0 Å². The van der Waals surface area contributed by atoms with Crippen LogP contribution < -0.4 is 5.32 Å². The van der Waals surface area contributed by atoms with Gasteiger partial charge in [0.2, 0.25) is 0 Å². The molecule has 2 N–H and O–H groups in total. The number of hydrogen-bond donors (Lipinski definition) is 2. The van der Waals surface area contributed by atoms with E-state index in [1.807, 2.05) is 4.68 Å². The third kappa shape index (κ3) is 3.35. The first-order valence-electron chi connectivity index (χ1n) is 7.78. The second-order valence-corrected chi connectivity index (χ2v) is 6.23. The second kappa shape index (κ2) is 6.92. The van der Waals surface area contributed by atoms with E-state index >= 15 is 0 Å². The number of nitrogens with one attached hydrogen (secondary N) is 1. The Kier molecular flexibility index (Phi) is 5.47. The molecule has 0 radical (unpaired) electrons. The van der Waals surface area contributed by atoms with Gasteiger partial charge in [-0.1, -0.05) is 25.4 Å². The number of aliphatic hydroxyl groups is 1. The summed E-state index contributed by atoms with van der Waals surface area (Å²) < 4.78 is 1.88. The number of aryl methyl sites for hydroxylation is 1. The van der Waals surface area contributed by atoms with Crippen LogP contribution in [0.15, 0.2) is 6.20 Å². The summed E-state index contributed by atoms with van der Waals surface area (Å²) in [5.74, 6) is 0. The highest BCUT2D eigenvalue weighted by atomic mass is 35.5. The molecule has 1 saturated carbocycles. The number of aromatic nitrogens is 2. The monoisotopic (exact) mass is 299 g/mol. The molecule has 0 atom stereocenters. The van der Waals surface area contributed by atoms with Crippen LogP contribution in [0.3, 0.4) is 0 Å². The van der Waals surface area contributed by atoms with Gasteiger partial charge >= 0.3 is 0 Å². The molecule has 1 aromatic rings. The summed E-state index contributed by atoms with van der Waals surface area (Å²) in [7, 11) is 0. The summed E-state index contributed by atoms with van der Waals surface area (Å²) >= 11 is 6.26. The molecule has 0 aliphatic heterocycles. The van der Waals surface area contributed by atoms with Crippen LogP contribution in [0.1, 0.15) is 58.1 Å². The predicted molar refractivity (Wildman–Crippen MR) is 82.0 cm³/mol. The quantitative estimate of drug-likeness (QED) is 0.849. The number of hydrogen-bond acceptors (Lipinski definition) is 3. The summed E-state index contributed by atoms with van der Waals surface area (Å²) in [6.07, 6.45) is 7.28. The number of rotatable bonds is 6. The van der Waals surface area contributed by atoms with Crippen LogP contribution in [0, 0.1) is 0 Å². The van der Waals surface area contributed by atoms with Crippen LogP contribution in [0.25, 0.3) is 0 Å². The zero-order valence-corrected chi connectivity index (χ0v) is 13.3. The van der Waals surface area contributed by atoms with Gasteiger partial charge in [0.15, 0.2) is 0 Å². The highest BCUT2D eigenvalue weighted by molar-refractivity contribution is 6.31. The van der Waals surface area contributed by atoms with E-state index in [0.29, 0.717) is 11.1 Å². The Balaban J connectivity index is 2.07. The standard InChI is InChI=1S/C15H26ClN3O/c1-3-9-17-12-5-7-15(20,8-6-12)14-13(16)11-18-19(14)10-4-2/h11-12,17,20H,3-10H2,1-2H3. The Bertz CT molecular complexity index is 425. The normalized spacial score (nSPS) is 26.9. The van der Waals surface area contributed by atoms with E-state index in [0.717, 1.165) is 57.3 Å². The van der Waals surface area contributed by atoms with Crippen LogP contribution in [0.4, 0.5) is 0 Å². The highest BCUT2D eigenvalue weighted by Crippen LogP contribution is 2.40. The molecule has 0 spiro atoms. The molecule has 20 heavy (non-hydrogen) atoms. The summed E-state index contributed by atoms with van der Waals surface area (Å²) in [5, 5.41) is 19.4. The van der Waals surface area contributed by atoms with Crippen molar-refractivity contribution < 1.29 is 5.11 Å². The Labute approximate surface area is 126 Å². The molecule has 1 aromatic heterocycles. The maximum absolute atomic E-state index is 11.0. The Hall–Kier alpha value is -0.580. The number of nitrogens with zero attached hydrogens (tertiary/aromatic N) is 2. The first-order valence-corrected chi connectivity index (χ1v) is 8.16. The molecule has 0 aromatic carbocycles. The topological polar surface area (TPSA) is 50.1 Å². The molecule has 1 fully saturated rings. The highest BCUT2D eigenvalue weighted by Gasteiger charge is 2.38. The first-order chi connectivity index (χ1) is 9.60. The van der Waals surface area contributed by atoms with Gasteiger partial charge < -0.3 is 10.4 Å². The smallest absolute Gasteiger partial charge is 0.108 e. The van der Waals surface area contributed by atoms with E-state index < -0.39 is 5.60 Å². The van der Waals surface area contributed by atoms with Crippen molar-refractivity contribution in [3.05, 3.63) is 16.9 Å². The van der Waals surface area contributed by atoms with E-state index in [1.165, 1.54) is 0 Å². The van der Waals surface area contributed by atoms with Crippen molar-refractivity contribution in [1.29, 1.82) is 0 Å². The lowest BCUT2D eigenvalue weighted by Gasteiger charge is -2.37. The fraction of sp³-hybridized carbons (Fsp3) is 0.800. The van der Waals surface area contributed by atoms with Gasteiger partial charge in [-0.25, -0.2) is 0 Å². The third-order valence-corrected chi connectivity index (χ3v) is 4.44. The van der Waals surface area contributed by atoms with E-state index in [-0.39, 0.29) is 0 Å². The lowest BCUT2D eigenvalue weighted by atomic mass is 9.80. The third-order valence-electron chi connectivity index (χ3n) is 4.17.